The van der Waals surface area contributed by atoms with Gasteiger partial charge in [-0.15, -0.1) is 0 Å². The van der Waals surface area contributed by atoms with Gasteiger partial charge in [0, 0.05) is 23.1 Å². The van der Waals surface area contributed by atoms with E-state index >= 15 is 0 Å². The molecule has 0 spiro atoms. The van der Waals surface area contributed by atoms with E-state index in [9.17, 15) is 18.8 Å². The summed E-state index contributed by atoms with van der Waals surface area (Å²) >= 11 is 12.6. The molecule has 0 N–H and O–H groups in total. The molecule has 0 aliphatic rings. The Kier molecular flexibility index (Phi) is 9.41. The summed E-state index contributed by atoms with van der Waals surface area (Å²) in [5.74, 6) is -1.31. The van der Waals surface area contributed by atoms with Crippen LogP contribution in [-0.4, -0.2) is 24.1 Å². The summed E-state index contributed by atoms with van der Waals surface area (Å²) in [4.78, 5) is 40.0. The van der Waals surface area contributed by atoms with Gasteiger partial charge in [-0.25, -0.2) is 14.1 Å². The average molecular weight is 574 g/mol. The zero-order chi connectivity index (χ0) is 29.1. The Morgan fingerprint density at radius 1 is 0.897 bits per heavy atom. The number of carbonyl (C=O) groups is 3. The van der Waals surface area contributed by atoms with Gasteiger partial charge in [0.2, 0.25) is 6.29 Å². The second-order valence-corrected chi connectivity index (χ2v) is 11.2. The van der Waals surface area contributed by atoms with Gasteiger partial charge in [-0.1, -0.05) is 44.0 Å². The van der Waals surface area contributed by atoms with Crippen molar-refractivity contribution in [3.05, 3.63) is 92.7 Å². The van der Waals surface area contributed by atoms with Gasteiger partial charge in [0.25, 0.3) is 0 Å². The summed E-state index contributed by atoms with van der Waals surface area (Å²) in [6, 6.07) is 13.3. The van der Waals surface area contributed by atoms with E-state index in [1.165, 1.54) is 48.2 Å². The Labute approximate surface area is 237 Å². The Hall–Kier alpha value is -3.42. The predicted molar refractivity (Wildman–Crippen MR) is 150 cm³/mol. The fourth-order valence-electron chi connectivity index (χ4n) is 3.95. The van der Waals surface area contributed by atoms with E-state index in [4.69, 9.17) is 32.7 Å². The summed E-state index contributed by atoms with van der Waals surface area (Å²) in [6.07, 6.45) is -1.95. The zero-order valence-corrected chi connectivity index (χ0v) is 24.1. The normalized spacial score (nSPS) is 12.0. The van der Waals surface area contributed by atoms with Gasteiger partial charge >= 0.3 is 12.1 Å². The highest BCUT2D eigenvalue weighted by molar-refractivity contribution is 6.35. The summed E-state index contributed by atoms with van der Waals surface area (Å²) < 4.78 is 24.6. The van der Waals surface area contributed by atoms with E-state index < -0.39 is 24.2 Å². The molecule has 0 aliphatic carbocycles. The van der Waals surface area contributed by atoms with Crippen LogP contribution in [-0.2, 0) is 14.3 Å². The minimum Gasteiger partial charge on any atom is -0.425 e. The third kappa shape index (κ3) is 7.80. The number of anilines is 2. The van der Waals surface area contributed by atoms with Gasteiger partial charge in [0.1, 0.15) is 5.82 Å². The van der Waals surface area contributed by atoms with Crippen LogP contribution in [0.15, 0.2) is 54.6 Å². The van der Waals surface area contributed by atoms with E-state index in [0.29, 0.717) is 27.4 Å². The van der Waals surface area contributed by atoms with Crippen LogP contribution >= 0.6 is 23.2 Å². The third-order valence-electron chi connectivity index (χ3n) is 5.71. The molecule has 3 aromatic carbocycles. The minimum atomic E-state index is -1.19. The monoisotopic (exact) mass is 573 g/mol. The number of esters is 1. The smallest absolute Gasteiger partial charge is 0.422 e. The lowest BCUT2D eigenvalue weighted by molar-refractivity contribution is -0.166. The van der Waals surface area contributed by atoms with Crippen molar-refractivity contribution in [3.63, 3.8) is 0 Å². The molecule has 1 unspecified atom stereocenters. The largest absolute Gasteiger partial charge is 0.425 e. The van der Waals surface area contributed by atoms with Crippen LogP contribution < -0.4 is 4.90 Å². The quantitative estimate of drug-likeness (QED) is 0.161. The van der Waals surface area contributed by atoms with Gasteiger partial charge in [0.05, 0.1) is 22.8 Å². The summed E-state index contributed by atoms with van der Waals surface area (Å²) in [5, 5.41) is 0.599. The molecule has 6 nitrogen and oxygen atoms in total. The highest BCUT2D eigenvalue weighted by Gasteiger charge is 2.27. The molecule has 1 atom stereocenters. The molecule has 0 aliphatic heterocycles. The van der Waals surface area contributed by atoms with E-state index in [-0.39, 0.29) is 33.9 Å². The number of benzene rings is 3. The van der Waals surface area contributed by atoms with Crippen LogP contribution in [0.3, 0.4) is 0 Å². The Balaban J connectivity index is 1.95. The van der Waals surface area contributed by atoms with Gasteiger partial charge < -0.3 is 9.47 Å². The molecular formula is C30H30Cl2FNO5. The molecule has 0 radical (unpaired) electrons. The second kappa shape index (κ2) is 12.2. The summed E-state index contributed by atoms with van der Waals surface area (Å²) in [7, 11) is 0. The number of rotatable bonds is 7. The van der Waals surface area contributed by atoms with E-state index in [2.05, 4.69) is 0 Å². The first-order chi connectivity index (χ1) is 18.2. The number of aryl methyl sites for hydroxylation is 2. The van der Waals surface area contributed by atoms with Crippen LogP contribution in [0.4, 0.5) is 20.6 Å². The first kappa shape index (κ1) is 30.1. The maximum atomic E-state index is 13.9. The van der Waals surface area contributed by atoms with Crippen LogP contribution in [0.5, 0.6) is 0 Å². The maximum absolute atomic E-state index is 13.9. The molecule has 0 saturated carbocycles. The molecule has 0 fully saturated rings. The highest BCUT2D eigenvalue weighted by Crippen LogP contribution is 2.34. The van der Waals surface area contributed by atoms with Crippen LogP contribution in [0, 0.1) is 25.1 Å². The van der Waals surface area contributed by atoms with Crippen molar-refractivity contribution in [1.29, 1.82) is 0 Å². The number of ketones is 1. The van der Waals surface area contributed by atoms with Crippen molar-refractivity contribution in [2.24, 2.45) is 5.41 Å². The molecule has 0 saturated heterocycles. The summed E-state index contributed by atoms with van der Waals surface area (Å²) in [6.45, 7) is 10.5. The van der Waals surface area contributed by atoms with Crippen LogP contribution in [0.2, 0.25) is 10.0 Å². The first-order valence-corrected chi connectivity index (χ1v) is 13.0. The average Bonchev–Trinajstić information content (AvgIpc) is 2.79. The second-order valence-electron chi connectivity index (χ2n) is 10.4. The zero-order valence-electron chi connectivity index (χ0n) is 22.6. The van der Waals surface area contributed by atoms with Gasteiger partial charge in [-0.2, -0.15) is 0 Å². The molecule has 206 valence electrons. The van der Waals surface area contributed by atoms with Crippen LogP contribution in [0.1, 0.15) is 61.2 Å². The van der Waals surface area contributed by atoms with Crippen molar-refractivity contribution in [3.8, 4) is 0 Å². The molecule has 1 amide bonds. The Morgan fingerprint density at radius 3 is 2.15 bits per heavy atom. The number of amides is 1. The van der Waals surface area contributed by atoms with Crippen molar-refractivity contribution >= 4 is 52.4 Å². The van der Waals surface area contributed by atoms with E-state index in [1.54, 1.807) is 32.0 Å². The molecule has 0 aromatic heterocycles. The molecule has 3 rings (SSSR count). The number of nitrogens with zero attached hydrogens (tertiary/aromatic N) is 1. The minimum absolute atomic E-state index is 0.0917. The molecule has 0 bridgehead atoms. The Bertz CT molecular complexity index is 1420. The van der Waals surface area contributed by atoms with Crippen LogP contribution in [0.25, 0.3) is 0 Å². The van der Waals surface area contributed by atoms with Crippen molar-refractivity contribution < 1.29 is 28.2 Å². The van der Waals surface area contributed by atoms with Crippen molar-refractivity contribution in [2.75, 3.05) is 4.90 Å². The fourth-order valence-corrected chi connectivity index (χ4v) is 4.43. The van der Waals surface area contributed by atoms with Crippen molar-refractivity contribution in [1.82, 2.24) is 0 Å². The number of ether oxygens (including phenoxy) is 2. The highest BCUT2D eigenvalue weighted by atomic mass is 35.5. The predicted octanol–water partition coefficient (Wildman–Crippen LogP) is 8.58. The molecule has 3 aromatic rings. The topological polar surface area (TPSA) is 72.9 Å². The van der Waals surface area contributed by atoms with Gasteiger partial charge in [-0.3, -0.25) is 9.59 Å². The number of halogens is 3. The third-order valence-corrected chi connectivity index (χ3v) is 6.26. The molecular weight excluding hydrogens is 544 g/mol. The summed E-state index contributed by atoms with van der Waals surface area (Å²) in [5.41, 5.74) is 2.06. The standard InChI is InChI=1S/C30H30Cl2FNO5/c1-17-13-20(31)7-10-23(17)28(36)24-11-9-22(15-25(24)32)34(26-12-8-21(33)14-18(26)2)29(37)39-19(3)38-27(35)16-30(4,5)6/h7-15,19H,16H2,1-6H3. The number of carbonyl (C=O) groups excluding carboxylic acids is 3. The number of hydrogen-bond acceptors (Lipinski definition) is 5. The Morgan fingerprint density at radius 2 is 1.56 bits per heavy atom. The lowest BCUT2D eigenvalue weighted by atomic mass is 9.92. The molecule has 9 heteroatoms. The maximum Gasteiger partial charge on any atom is 0.422 e. The molecule has 0 heterocycles. The van der Waals surface area contributed by atoms with Gasteiger partial charge in [-0.05, 0) is 85.0 Å². The van der Waals surface area contributed by atoms with Crippen molar-refractivity contribution in [2.45, 2.75) is 54.3 Å². The van der Waals surface area contributed by atoms with Gasteiger partial charge in [0.15, 0.2) is 5.78 Å². The van der Waals surface area contributed by atoms with E-state index in [0.717, 1.165) is 0 Å². The number of hydrogen-bond donors (Lipinski definition) is 0. The van der Waals surface area contributed by atoms with E-state index in [1.807, 2.05) is 20.8 Å². The molecule has 39 heavy (non-hydrogen) atoms. The lowest BCUT2D eigenvalue weighted by Gasteiger charge is -2.26. The SMILES string of the molecule is Cc1cc(Cl)ccc1C(=O)c1ccc(N(C(=O)OC(C)OC(=O)CC(C)(C)C)c2ccc(F)cc2C)cc1Cl. The lowest BCUT2D eigenvalue weighted by Crippen LogP contribution is -2.32. The first-order valence-electron chi connectivity index (χ1n) is 12.2. The fraction of sp³-hybridized carbons (Fsp3) is 0.300.